The van der Waals surface area contributed by atoms with Crippen LogP contribution in [0.1, 0.15) is 41.4 Å². The van der Waals surface area contributed by atoms with Gasteiger partial charge >= 0.3 is 0 Å². The van der Waals surface area contributed by atoms with Crippen LogP contribution in [0.3, 0.4) is 0 Å². The van der Waals surface area contributed by atoms with Gasteiger partial charge in [0.2, 0.25) is 0 Å². The van der Waals surface area contributed by atoms with Crippen LogP contribution >= 0.6 is 11.3 Å². The van der Waals surface area contributed by atoms with Crippen LogP contribution in [-0.2, 0) is 4.74 Å². The monoisotopic (exact) mass is 393 g/mol. The highest BCUT2D eigenvalue weighted by Gasteiger charge is 2.49. The number of piperidine rings is 1. The fourth-order valence-corrected chi connectivity index (χ4v) is 5.24. The molecule has 27 heavy (non-hydrogen) atoms. The maximum atomic E-state index is 13.0. The second-order valence-corrected chi connectivity index (χ2v) is 8.80. The number of thiophene rings is 1. The summed E-state index contributed by atoms with van der Waals surface area (Å²) in [7, 11) is 0. The van der Waals surface area contributed by atoms with Crippen LogP contribution < -0.4 is 5.56 Å². The van der Waals surface area contributed by atoms with E-state index in [0.29, 0.717) is 53.0 Å². The number of carbonyl (C=O) groups is 1. The molecule has 8 nitrogen and oxygen atoms in total. The highest BCUT2D eigenvalue weighted by molar-refractivity contribution is 7.20. The topological polar surface area (TPSA) is 116 Å². The van der Waals surface area contributed by atoms with Crippen molar-refractivity contribution in [2.24, 2.45) is 0 Å². The molecule has 0 aromatic carbocycles. The number of likely N-dealkylation sites (tertiary alicyclic amines) is 1. The molecular formula is C18H23N3O5S. The summed E-state index contributed by atoms with van der Waals surface area (Å²) in [5.41, 5.74) is -1.26. The minimum atomic E-state index is -1.18. The molecule has 0 aliphatic carbocycles. The van der Waals surface area contributed by atoms with Gasteiger partial charge in [-0.2, -0.15) is 0 Å². The maximum Gasteiger partial charge on any atom is 0.264 e. The van der Waals surface area contributed by atoms with E-state index in [0.717, 1.165) is 0 Å². The Morgan fingerprint density at radius 2 is 2.15 bits per heavy atom. The van der Waals surface area contributed by atoms with Gasteiger partial charge in [0, 0.05) is 19.5 Å². The minimum absolute atomic E-state index is 0.102. The van der Waals surface area contributed by atoms with Crippen molar-refractivity contribution in [1.82, 2.24) is 14.9 Å². The second-order valence-electron chi connectivity index (χ2n) is 7.80. The Bertz CT molecular complexity index is 942. The quantitative estimate of drug-likeness (QED) is 0.660. The van der Waals surface area contributed by atoms with Crippen LogP contribution in [0.5, 0.6) is 0 Å². The van der Waals surface area contributed by atoms with Crippen molar-refractivity contribution in [3.63, 3.8) is 0 Å². The lowest BCUT2D eigenvalue weighted by Crippen LogP contribution is -2.59. The van der Waals surface area contributed by atoms with Gasteiger partial charge in [0.1, 0.15) is 10.9 Å². The number of aryl methyl sites for hydroxylation is 1. The van der Waals surface area contributed by atoms with Gasteiger partial charge in [0.15, 0.2) is 0 Å². The zero-order valence-corrected chi connectivity index (χ0v) is 16.1. The molecule has 2 aromatic heterocycles. The van der Waals surface area contributed by atoms with E-state index in [9.17, 15) is 19.8 Å². The number of carbonyl (C=O) groups excluding carboxylic acids is 1. The summed E-state index contributed by atoms with van der Waals surface area (Å²) >= 11 is 1.24. The van der Waals surface area contributed by atoms with Gasteiger partial charge in [-0.15, -0.1) is 11.3 Å². The molecule has 2 aliphatic heterocycles. The van der Waals surface area contributed by atoms with E-state index in [1.54, 1.807) is 18.7 Å². The Hall–Kier alpha value is -1.81. The number of rotatable bonds is 1. The second kappa shape index (κ2) is 6.37. The number of hydrogen-bond donors (Lipinski definition) is 3. The largest absolute Gasteiger partial charge is 0.388 e. The zero-order valence-electron chi connectivity index (χ0n) is 15.3. The third kappa shape index (κ3) is 3.08. The summed E-state index contributed by atoms with van der Waals surface area (Å²) < 4.78 is 5.87. The summed E-state index contributed by atoms with van der Waals surface area (Å²) in [5.74, 6) is -0.104. The normalized spacial score (nSPS) is 28.0. The molecule has 0 unspecified atom stereocenters. The van der Waals surface area contributed by atoms with E-state index in [1.807, 2.05) is 0 Å². The number of aromatic nitrogens is 2. The molecule has 4 rings (SSSR count). The number of fused-ring (bicyclic) bond motifs is 1. The molecule has 2 saturated heterocycles. The first-order valence-corrected chi connectivity index (χ1v) is 9.85. The van der Waals surface area contributed by atoms with E-state index in [-0.39, 0.29) is 18.1 Å². The lowest BCUT2D eigenvalue weighted by molar-refractivity contribution is -0.221. The smallest absolute Gasteiger partial charge is 0.264 e. The molecule has 2 atom stereocenters. The van der Waals surface area contributed by atoms with Gasteiger partial charge in [0.25, 0.3) is 11.5 Å². The Morgan fingerprint density at radius 1 is 1.44 bits per heavy atom. The zero-order chi connectivity index (χ0) is 19.4. The number of aliphatic hydroxyl groups is 2. The van der Waals surface area contributed by atoms with Crippen LogP contribution in [0.15, 0.2) is 11.1 Å². The van der Waals surface area contributed by atoms with Crippen molar-refractivity contribution in [3.8, 4) is 0 Å². The molecule has 2 aliphatic rings. The Morgan fingerprint density at radius 3 is 2.78 bits per heavy atom. The number of nitrogens with one attached hydrogen (secondary N) is 1. The molecular weight excluding hydrogens is 370 g/mol. The van der Waals surface area contributed by atoms with Gasteiger partial charge in [-0.3, -0.25) is 9.59 Å². The molecule has 0 radical (unpaired) electrons. The van der Waals surface area contributed by atoms with Crippen LogP contribution in [0, 0.1) is 6.92 Å². The Labute approximate surface area is 159 Å². The van der Waals surface area contributed by atoms with Crippen LogP contribution in [0.4, 0.5) is 0 Å². The molecule has 1 amide bonds. The van der Waals surface area contributed by atoms with Gasteiger partial charge in [-0.1, -0.05) is 0 Å². The lowest BCUT2D eigenvalue weighted by Gasteiger charge is -2.49. The van der Waals surface area contributed by atoms with Crippen molar-refractivity contribution in [3.05, 3.63) is 27.1 Å². The molecule has 146 valence electrons. The fraction of sp³-hybridized carbons (Fsp3) is 0.611. The van der Waals surface area contributed by atoms with Gasteiger partial charge < -0.3 is 24.8 Å². The standard InChI is InChI=1S/C18H23N3O5S/c1-10-12-14(23)19-9-20-15(12)27-13(10)16(24)21-5-3-18(4-6-21)8-17(2,25)11(22)7-26-18/h9,11,22,25H,3-8H2,1-2H3,(H,19,20,23)/t11-,17-/m0/s1. The average Bonchev–Trinajstić information content (AvgIpc) is 2.96. The van der Waals surface area contributed by atoms with Crippen molar-refractivity contribution < 1.29 is 19.7 Å². The van der Waals surface area contributed by atoms with Crippen molar-refractivity contribution in [1.29, 1.82) is 0 Å². The van der Waals surface area contributed by atoms with Gasteiger partial charge in [-0.05, 0) is 32.3 Å². The molecule has 1 spiro atoms. The van der Waals surface area contributed by atoms with E-state index in [1.165, 1.54) is 17.7 Å². The molecule has 0 saturated carbocycles. The molecule has 2 fully saturated rings. The number of ether oxygens (including phenoxy) is 1. The third-order valence-corrected chi connectivity index (χ3v) is 7.02. The van der Waals surface area contributed by atoms with E-state index >= 15 is 0 Å². The van der Waals surface area contributed by atoms with Crippen LogP contribution in [-0.4, -0.2) is 68.0 Å². The van der Waals surface area contributed by atoms with Crippen molar-refractivity contribution in [2.75, 3.05) is 19.7 Å². The average molecular weight is 393 g/mol. The summed E-state index contributed by atoms with van der Waals surface area (Å²) in [6.07, 6.45) is 2.01. The van der Waals surface area contributed by atoms with Crippen molar-refractivity contribution in [2.45, 2.75) is 50.4 Å². The summed E-state index contributed by atoms with van der Waals surface area (Å²) in [4.78, 5) is 34.6. The molecule has 2 aromatic rings. The maximum absolute atomic E-state index is 13.0. The van der Waals surface area contributed by atoms with Gasteiger partial charge in [-0.25, -0.2) is 4.98 Å². The van der Waals surface area contributed by atoms with Crippen LogP contribution in [0.25, 0.3) is 10.2 Å². The predicted octanol–water partition coefficient (Wildman–Crippen LogP) is 0.800. The summed E-state index contributed by atoms with van der Waals surface area (Å²) in [5, 5.41) is 20.8. The Kier molecular flexibility index (Phi) is 4.38. The van der Waals surface area contributed by atoms with E-state index < -0.39 is 17.3 Å². The Balaban J connectivity index is 1.52. The molecule has 9 heteroatoms. The van der Waals surface area contributed by atoms with Crippen LogP contribution in [0.2, 0.25) is 0 Å². The van der Waals surface area contributed by atoms with E-state index in [4.69, 9.17) is 4.74 Å². The first-order chi connectivity index (χ1) is 12.7. The predicted molar refractivity (Wildman–Crippen MR) is 100 cm³/mol. The number of aromatic amines is 1. The molecule has 0 bridgehead atoms. The highest BCUT2D eigenvalue weighted by Crippen LogP contribution is 2.40. The first-order valence-electron chi connectivity index (χ1n) is 9.03. The number of nitrogens with zero attached hydrogens (tertiary/aromatic N) is 2. The third-order valence-electron chi connectivity index (χ3n) is 5.83. The first kappa shape index (κ1) is 18.5. The highest BCUT2D eigenvalue weighted by atomic mass is 32.1. The van der Waals surface area contributed by atoms with Crippen molar-refractivity contribution >= 4 is 27.5 Å². The summed E-state index contributed by atoms with van der Waals surface area (Å²) in [6.45, 7) is 4.51. The SMILES string of the molecule is Cc1c(C(=O)N2CCC3(CC2)C[C@](C)(O)[C@@H](O)CO3)sc2nc[nH]c(=O)c12. The molecule has 4 heterocycles. The fourth-order valence-electron chi connectivity index (χ4n) is 4.12. The summed E-state index contributed by atoms with van der Waals surface area (Å²) in [6, 6.07) is 0. The lowest BCUT2D eigenvalue weighted by atomic mass is 9.76. The minimum Gasteiger partial charge on any atom is -0.388 e. The number of H-pyrrole nitrogens is 1. The number of amides is 1. The number of aliphatic hydroxyl groups excluding tert-OH is 1. The molecule has 3 N–H and O–H groups in total. The van der Waals surface area contributed by atoms with E-state index in [2.05, 4.69) is 9.97 Å². The number of hydrogen-bond acceptors (Lipinski definition) is 7. The van der Waals surface area contributed by atoms with Gasteiger partial charge in [0.05, 0.1) is 34.4 Å².